The zero-order valence-electron chi connectivity index (χ0n) is 21.0. The van der Waals surface area contributed by atoms with Crippen LogP contribution in [0.25, 0.3) is 0 Å². The van der Waals surface area contributed by atoms with Gasteiger partial charge in [-0.2, -0.15) is 26.3 Å². The van der Waals surface area contributed by atoms with Gasteiger partial charge < -0.3 is 9.80 Å². The molecule has 212 valence electrons. The summed E-state index contributed by atoms with van der Waals surface area (Å²) in [7, 11) is 2.39. The lowest BCUT2D eigenvalue weighted by molar-refractivity contribution is -0.143. The van der Waals surface area contributed by atoms with Crippen LogP contribution in [0.3, 0.4) is 0 Å². The Morgan fingerprint density at radius 1 is 0.875 bits per heavy atom. The van der Waals surface area contributed by atoms with Gasteiger partial charge in [0, 0.05) is 51.2 Å². The molecule has 1 fully saturated rings. The molecule has 2 heterocycles. The van der Waals surface area contributed by atoms with Crippen LogP contribution in [0.15, 0.2) is 61.2 Å². The van der Waals surface area contributed by atoms with Gasteiger partial charge in [0.2, 0.25) is 0 Å². The van der Waals surface area contributed by atoms with Crippen molar-refractivity contribution < 1.29 is 40.3 Å². The highest BCUT2D eigenvalue weighted by molar-refractivity contribution is 5.94. The SMILES string of the molecule is CN(C(=O)N(C)[C@@H]1CN(C(=O)c2cncnc2)C[C@H]1c1ccc(F)cc1)c1cc(C(F)(F)F)cc(C(F)(F)F)c1. The van der Waals surface area contributed by atoms with Gasteiger partial charge in [0.1, 0.15) is 12.1 Å². The van der Waals surface area contributed by atoms with Gasteiger partial charge in [0.15, 0.2) is 0 Å². The third-order valence-corrected chi connectivity index (χ3v) is 6.73. The van der Waals surface area contributed by atoms with Crippen LogP contribution in [0.1, 0.15) is 33.0 Å². The van der Waals surface area contributed by atoms with Gasteiger partial charge in [0.25, 0.3) is 5.91 Å². The fraction of sp³-hybridized carbons (Fsp3) is 0.308. The molecule has 3 aromatic rings. The average Bonchev–Trinajstić information content (AvgIpc) is 3.36. The lowest BCUT2D eigenvalue weighted by Crippen LogP contribution is -2.47. The van der Waals surface area contributed by atoms with Crippen molar-refractivity contribution in [1.29, 1.82) is 0 Å². The Morgan fingerprint density at radius 3 is 1.95 bits per heavy atom. The van der Waals surface area contributed by atoms with E-state index in [0.29, 0.717) is 22.6 Å². The van der Waals surface area contributed by atoms with E-state index in [1.54, 1.807) is 0 Å². The number of carbonyl (C=O) groups excluding carboxylic acids is 2. The molecule has 2 aromatic carbocycles. The minimum Gasteiger partial charge on any atom is -0.336 e. The molecule has 0 spiro atoms. The second-order valence-electron chi connectivity index (χ2n) is 9.28. The van der Waals surface area contributed by atoms with Crippen LogP contribution >= 0.6 is 0 Å². The first-order valence-electron chi connectivity index (χ1n) is 11.8. The van der Waals surface area contributed by atoms with Crippen LogP contribution in [-0.4, -0.2) is 64.9 Å². The van der Waals surface area contributed by atoms with Crippen molar-refractivity contribution >= 4 is 17.6 Å². The van der Waals surface area contributed by atoms with Crippen LogP contribution in [0.2, 0.25) is 0 Å². The summed E-state index contributed by atoms with van der Waals surface area (Å²) in [4.78, 5) is 37.4. The second-order valence-corrected chi connectivity index (χ2v) is 9.28. The Labute approximate surface area is 223 Å². The summed E-state index contributed by atoms with van der Waals surface area (Å²) in [5.74, 6) is -1.51. The number of carbonyl (C=O) groups is 2. The molecule has 14 heteroatoms. The van der Waals surface area contributed by atoms with Crippen LogP contribution in [-0.2, 0) is 12.4 Å². The fourth-order valence-electron chi connectivity index (χ4n) is 4.60. The highest BCUT2D eigenvalue weighted by Crippen LogP contribution is 2.39. The Hall–Kier alpha value is -4.23. The van der Waals surface area contributed by atoms with Crippen molar-refractivity contribution in [2.24, 2.45) is 0 Å². The van der Waals surface area contributed by atoms with Gasteiger partial charge in [-0.25, -0.2) is 19.2 Å². The Morgan fingerprint density at radius 2 is 1.43 bits per heavy atom. The molecule has 7 nitrogen and oxygen atoms in total. The topological polar surface area (TPSA) is 69.6 Å². The molecular weight excluding hydrogens is 547 g/mol. The monoisotopic (exact) mass is 569 g/mol. The molecule has 0 aliphatic carbocycles. The average molecular weight is 569 g/mol. The van der Waals surface area contributed by atoms with E-state index < -0.39 is 58.9 Å². The van der Waals surface area contributed by atoms with Crippen molar-refractivity contribution in [3.8, 4) is 0 Å². The lowest BCUT2D eigenvalue weighted by Gasteiger charge is -2.33. The summed E-state index contributed by atoms with van der Waals surface area (Å²) < 4.78 is 93.9. The van der Waals surface area contributed by atoms with Gasteiger partial charge in [-0.15, -0.1) is 0 Å². The minimum absolute atomic E-state index is 0.0240. The number of hydrogen-bond donors (Lipinski definition) is 0. The van der Waals surface area contributed by atoms with Crippen LogP contribution < -0.4 is 4.90 Å². The number of likely N-dealkylation sites (tertiary alicyclic amines) is 1. The van der Waals surface area contributed by atoms with E-state index in [-0.39, 0.29) is 24.7 Å². The predicted molar refractivity (Wildman–Crippen MR) is 129 cm³/mol. The molecule has 3 amide bonds. The maximum absolute atomic E-state index is 13.6. The van der Waals surface area contributed by atoms with Crippen LogP contribution in [0.4, 0.5) is 41.2 Å². The van der Waals surface area contributed by atoms with Crippen molar-refractivity contribution in [3.63, 3.8) is 0 Å². The maximum atomic E-state index is 13.6. The van der Waals surface area contributed by atoms with E-state index in [1.807, 2.05) is 0 Å². The molecule has 0 bridgehead atoms. The standard InChI is InChI=1S/C26H22F7N5O2/c1-36(20-8-17(25(28,29)30)7-18(9-20)26(31,32)33)24(40)37(2)22-13-38(23(39)16-10-34-14-35-11-16)12-21(22)15-3-5-19(27)6-4-15/h3-11,14,21-22H,12-13H2,1-2H3/t21-,22+/m0/s1. The summed E-state index contributed by atoms with van der Waals surface area (Å²) in [6.07, 6.45) is -6.32. The van der Waals surface area contributed by atoms with E-state index in [9.17, 15) is 40.3 Å². The number of alkyl halides is 6. The van der Waals surface area contributed by atoms with Crippen LogP contribution in [0.5, 0.6) is 0 Å². The van der Waals surface area contributed by atoms with E-state index in [4.69, 9.17) is 0 Å². The molecule has 2 atom stereocenters. The molecular formula is C26H22F7N5O2. The molecule has 0 radical (unpaired) electrons. The lowest BCUT2D eigenvalue weighted by atomic mass is 9.93. The van der Waals surface area contributed by atoms with E-state index in [0.717, 1.165) is 11.9 Å². The maximum Gasteiger partial charge on any atom is 0.416 e. The Balaban J connectivity index is 1.67. The van der Waals surface area contributed by atoms with Gasteiger partial charge in [-0.1, -0.05) is 12.1 Å². The predicted octanol–water partition coefficient (Wildman–Crippen LogP) is 5.45. The first-order valence-corrected chi connectivity index (χ1v) is 11.8. The number of halogens is 7. The van der Waals surface area contributed by atoms with E-state index >= 15 is 0 Å². The third-order valence-electron chi connectivity index (χ3n) is 6.73. The van der Waals surface area contributed by atoms with Crippen LogP contribution in [0, 0.1) is 5.82 Å². The first kappa shape index (κ1) is 28.8. The minimum atomic E-state index is -5.09. The second kappa shape index (κ2) is 10.7. The summed E-state index contributed by atoms with van der Waals surface area (Å²) in [6.45, 7) is 0.0649. The Kier molecular flexibility index (Phi) is 7.72. The van der Waals surface area contributed by atoms with E-state index in [2.05, 4.69) is 9.97 Å². The van der Waals surface area contributed by atoms with E-state index in [1.165, 1.54) is 54.9 Å². The molecule has 40 heavy (non-hydrogen) atoms. The molecule has 1 aliphatic heterocycles. The van der Waals surface area contributed by atoms with Crippen molar-refractivity contribution in [2.45, 2.75) is 24.3 Å². The number of rotatable bonds is 4. The number of anilines is 1. The molecule has 0 unspecified atom stereocenters. The van der Waals surface area contributed by atoms with Crippen molar-refractivity contribution in [3.05, 3.63) is 89.3 Å². The zero-order chi connectivity index (χ0) is 29.4. The molecule has 1 aromatic heterocycles. The third kappa shape index (κ3) is 6.00. The van der Waals surface area contributed by atoms with Crippen molar-refractivity contribution in [2.75, 3.05) is 32.1 Å². The molecule has 1 aliphatic rings. The largest absolute Gasteiger partial charge is 0.416 e. The zero-order valence-corrected chi connectivity index (χ0v) is 21.0. The molecule has 4 rings (SSSR count). The first-order chi connectivity index (χ1) is 18.7. The number of aromatic nitrogens is 2. The number of urea groups is 1. The molecule has 0 saturated carbocycles. The highest BCUT2D eigenvalue weighted by Gasteiger charge is 2.42. The van der Waals surface area contributed by atoms with Gasteiger partial charge in [-0.3, -0.25) is 9.69 Å². The quantitative estimate of drug-likeness (QED) is 0.392. The van der Waals surface area contributed by atoms with Gasteiger partial charge in [0.05, 0.1) is 22.7 Å². The molecule has 1 saturated heterocycles. The summed E-state index contributed by atoms with van der Waals surface area (Å²) in [5, 5.41) is 0. The highest BCUT2D eigenvalue weighted by atomic mass is 19.4. The summed E-state index contributed by atoms with van der Waals surface area (Å²) in [6, 6.07) is 4.59. The number of benzene rings is 2. The smallest absolute Gasteiger partial charge is 0.336 e. The fourth-order valence-corrected chi connectivity index (χ4v) is 4.60. The molecule has 0 N–H and O–H groups in total. The Bertz CT molecular complexity index is 1350. The number of likely N-dealkylation sites (N-methyl/N-ethyl adjacent to an activating group) is 1. The number of amides is 3. The number of hydrogen-bond acceptors (Lipinski definition) is 4. The normalized spacial score (nSPS) is 17.6. The van der Waals surface area contributed by atoms with Gasteiger partial charge >= 0.3 is 18.4 Å². The summed E-state index contributed by atoms with van der Waals surface area (Å²) >= 11 is 0. The van der Waals surface area contributed by atoms with Crippen molar-refractivity contribution in [1.82, 2.24) is 19.8 Å². The summed E-state index contributed by atoms with van der Waals surface area (Å²) in [5.41, 5.74) is -3.00. The number of nitrogens with zero attached hydrogens (tertiary/aromatic N) is 5. The van der Waals surface area contributed by atoms with Gasteiger partial charge in [-0.05, 0) is 35.9 Å².